The number of pyridine rings is 1. The summed E-state index contributed by atoms with van der Waals surface area (Å²) in [5.41, 5.74) is 7.94. The van der Waals surface area contributed by atoms with E-state index in [0.717, 1.165) is 27.3 Å². The van der Waals surface area contributed by atoms with Gasteiger partial charge in [-0.05, 0) is 17.5 Å². The average molecular weight is 304 g/mol. The lowest BCUT2D eigenvalue weighted by Gasteiger charge is -2.07. The Balaban J connectivity index is 1.70. The summed E-state index contributed by atoms with van der Waals surface area (Å²) in [7, 11) is 0. The number of rotatable bonds is 2. The van der Waals surface area contributed by atoms with Crippen molar-refractivity contribution in [1.29, 1.82) is 0 Å². The summed E-state index contributed by atoms with van der Waals surface area (Å²) < 4.78 is 6.51. The molecule has 1 fully saturated rings. The molecule has 1 aliphatic heterocycles. The molecule has 1 saturated heterocycles. The Morgan fingerprint density at radius 2 is 2.30 bits per heavy atom. The Hall–Kier alpha value is -1.44. The normalized spacial score (nSPS) is 22.6. The van der Waals surface area contributed by atoms with Crippen LogP contribution in [-0.4, -0.2) is 32.7 Å². The van der Waals surface area contributed by atoms with E-state index < -0.39 is 0 Å². The lowest BCUT2D eigenvalue weighted by atomic mass is 10.1. The van der Waals surface area contributed by atoms with Crippen molar-refractivity contribution in [2.75, 3.05) is 11.5 Å². The van der Waals surface area contributed by atoms with Gasteiger partial charge in [0.1, 0.15) is 0 Å². The topological polar surface area (TPSA) is 77.8 Å². The van der Waals surface area contributed by atoms with Gasteiger partial charge in [-0.15, -0.1) is 11.3 Å². The Morgan fingerprint density at radius 3 is 3.15 bits per heavy atom. The lowest BCUT2D eigenvalue weighted by molar-refractivity contribution is 0.352. The van der Waals surface area contributed by atoms with Gasteiger partial charge in [0.2, 0.25) is 11.7 Å². The minimum absolute atomic E-state index is 0.103. The molecule has 0 saturated carbocycles. The monoisotopic (exact) mass is 304 g/mol. The molecule has 5 nitrogen and oxygen atoms in total. The molecule has 1 aliphatic rings. The van der Waals surface area contributed by atoms with Crippen LogP contribution in [0.3, 0.4) is 0 Å². The van der Waals surface area contributed by atoms with Crippen molar-refractivity contribution in [3.05, 3.63) is 29.6 Å². The second-order valence-corrected chi connectivity index (χ2v) is 6.81. The van der Waals surface area contributed by atoms with E-state index in [4.69, 9.17) is 10.3 Å². The van der Waals surface area contributed by atoms with Crippen LogP contribution < -0.4 is 5.73 Å². The number of aromatic nitrogens is 3. The van der Waals surface area contributed by atoms with E-state index in [1.54, 1.807) is 17.5 Å². The van der Waals surface area contributed by atoms with E-state index in [0.29, 0.717) is 11.7 Å². The van der Waals surface area contributed by atoms with Gasteiger partial charge < -0.3 is 10.3 Å². The van der Waals surface area contributed by atoms with Gasteiger partial charge in [0.15, 0.2) is 0 Å². The highest BCUT2D eigenvalue weighted by atomic mass is 32.2. The quantitative estimate of drug-likeness (QED) is 0.784. The predicted molar refractivity (Wildman–Crippen MR) is 81.0 cm³/mol. The first-order chi connectivity index (χ1) is 9.81. The number of nitrogens with two attached hydrogens (primary N) is 1. The predicted octanol–water partition coefficient (Wildman–Crippen LogP) is 2.50. The zero-order valence-electron chi connectivity index (χ0n) is 10.5. The minimum Gasteiger partial charge on any atom is -0.339 e. The zero-order valence-corrected chi connectivity index (χ0v) is 12.2. The van der Waals surface area contributed by atoms with Crippen LogP contribution in [0.15, 0.2) is 28.2 Å². The molecule has 0 amide bonds. The molecule has 0 aromatic carbocycles. The van der Waals surface area contributed by atoms with Crippen LogP contribution in [0.5, 0.6) is 0 Å². The van der Waals surface area contributed by atoms with E-state index in [1.165, 1.54) is 0 Å². The molecular formula is C13H12N4OS2. The molecule has 2 atom stereocenters. The summed E-state index contributed by atoms with van der Waals surface area (Å²) in [6.07, 6.45) is 1.78. The molecule has 4 heterocycles. The van der Waals surface area contributed by atoms with Gasteiger partial charge in [0, 0.05) is 29.3 Å². The molecule has 0 aliphatic carbocycles. The number of hydrogen-bond acceptors (Lipinski definition) is 7. The van der Waals surface area contributed by atoms with Crippen molar-refractivity contribution in [1.82, 2.24) is 15.1 Å². The summed E-state index contributed by atoms with van der Waals surface area (Å²) in [6.45, 7) is 0. The number of hydrogen-bond donors (Lipinski definition) is 1. The van der Waals surface area contributed by atoms with Gasteiger partial charge in [0.05, 0.1) is 16.1 Å². The van der Waals surface area contributed by atoms with Crippen LogP contribution in [0, 0.1) is 0 Å². The lowest BCUT2D eigenvalue weighted by Crippen LogP contribution is -2.26. The van der Waals surface area contributed by atoms with Crippen molar-refractivity contribution in [3.8, 4) is 11.4 Å². The van der Waals surface area contributed by atoms with Gasteiger partial charge in [-0.25, -0.2) is 0 Å². The maximum absolute atomic E-state index is 6.06. The molecule has 0 radical (unpaired) electrons. The Bertz CT molecular complexity index is 754. The summed E-state index contributed by atoms with van der Waals surface area (Å²) in [5.74, 6) is 3.30. The fraction of sp³-hybridized carbons (Fsp3) is 0.308. The fourth-order valence-corrected chi connectivity index (χ4v) is 4.36. The van der Waals surface area contributed by atoms with Crippen molar-refractivity contribution in [2.45, 2.75) is 12.0 Å². The molecule has 2 N–H and O–H groups in total. The van der Waals surface area contributed by atoms with Crippen LogP contribution in [0.1, 0.15) is 11.8 Å². The van der Waals surface area contributed by atoms with Gasteiger partial charge in [-0.1, -0.05) is 5.16 Å². The summed E-state index contributed by atoms with van der Waals surface area (Å²) in [5, 5.41) is 6.10. The molecule has 20 heavy (non-hydrogen) atoms. The SMILES string of the molecule is NC1CSCC1c1nc(-c2cnc3ccsc3c2)no1. The molecule has 0 bridgehead atoms. The number of thioether (sulfide) groups is 1. The third-order valence-electron chi connectivity index (χ3n) is 3.44. The Labute approximate surface area is 123 Å². The maximum Gasteiger partial charge on any atom is 0.232 e. The van der Waals surface area contributed by atoms with E-state index in [2.05, 4.69) is 15.1 Å². The molecule has 102 valence electrons. The molecule has 2 unspecified atom stereocenters. The van der Waals surface area contributed by atoms with Crippen LogP contribution >= 0.6 is 23.1 Å². The van der Waals surface area contributed by atoms with Gasteiger partial charge in [0.25, 0.3) is 0 Å². The zero-order chi connectivity index (χ0) is 13.5. The number of nitrogens with zero attached hydrogens (tertiary/aromatic N) is 3. The first kappa shape index (κ1) is 12.3. The van der Waals surface area contributed by atoms with Gasteiger partial charge in [-0.3, -0.25) is 4.98 Å². The van der Waals surface area contributed by atoms with Crippen molar-refractivity contribution < 1.29 is 4.52 Å². The second kappa shape index (κ2) is 4.83. The molecular weight excluding hydrogens is 292 g/mol. The first-order valence-electron chi connectivity index (χ1n) is 6.32. The van der Waals surface area contributed by atoms with Crippen LogP contribution in [0.2, 0.25) is 0 Å². The maximum atomic E-state index is 6.06. The summed E-state index contributed by atoms with van der Waals surface area (Å²) in [4.78, 5) is 8.90. The van der Waals surface area contributed by atoms with E-state index in [-0.39, 0.29) is 12.0 Å². The van der Waals surface area contributed by atoms with E-state index in [1.807, 2.05) is 29.3 Å². The average Bonchev–Trinajstić information content (AvgIpc) is 3.17. The second-order valence-electron chi connectivity index (χ2n) is 4.79. The molecule has 0 spiro atoms. The smallest absolute Gasteiger partial charge is 0.232 e. The number of fused-ring (bicyclic) bond motifs is 1. The van der Waals surface area contributed by atoms with Crippen LogP contribution in [0.4, 0.5) is 0 Å². The first-order valence-corrected chi connectivity index (χ1v) is 8.35. The third kappa shape index (κ3) is 2.02. The third-order valence-corrected chi connectivity index (χ3v) is 5.51. The van der Waals surface area contributed by atoms with Crippen molar-refractivity contribution in [2.24, 2.45) is 5.73 Å². The van der Waals surface area contributed by atoms with E-state index in [9.17, 15) is 0 Å². The Morgan fingerprint density at radius 1 is 1.35 bits per heavy atom. The van der Waals surface area contributed by atoms with Gasteiger partial charge in [-0.2, -0.15) is 16.7 Å². The molecule has 4 rings (SSSR count). The molecule has 3 aromatic rings. The summed E-state index contributed by atoms with van der Waals surface area (Å²) in [6, 6.07) is 4.15. The van der Waals surface area contributed by atoms with Crippen molar-refractivity contribution >= 4 is 33.3 Å². The molecule has 7 heteroatoms. The highest BCUT2D eigenvalue weighted by Crippen LogP contribution is 2.32. The van der Waals surface area contributed by atoms with Gasteiger partial charge >= 0.3 is 0 Å². The largest absolute Gasteiger partial charge is 0.339 e. The number of thiophene rings is 1. The van der Waals surface area contributed by atoms with Crippen molar-refractivity contribution in [3.63, 3.8) is 0 Å². The van der Waals surface area contributed by atoms with Crippen LogP contribution in [0.25, 0.3) is 21.6 Å². The van der Waals surface area contributed by atoms with E-state index >= 15 is 0 Å². The highest BCUT2D eigenvalue weighted by molar-refractivity contribution is 7.99. The fourth-order valence-electron chi connectivity index (χ4n) is 2.30. The Kier molecular flexibility index (Phi) is 2.98. The minimum atomic E-state index is 0.103. The van der Waals surface area contributed by atoms with Crippen LogP contribution in [-0.2, 0) is 0 Å². The highest BCUT2D eigenvalue weighted by Gasteiger charge is 2.31. The molecule has 3 aromatic heterocycles. The summed E-state index contributed by atoms with van der Waals surface area (Å²) >= 11 is 3.49. The standard InChI is InChI=1S/C13H12N4OS2/c14-9-6-19-5-8(9)13-16-12(17-18-13)7-3-11-10(15-4-7)1-2-20-11/h1-4,8-9H,5-6,14H2.